The van der Waals surface area contributed by atoms with E-state index >= 15 is 0 Å². The van der Waals surface area contributed by atoms with Crippen molar-refractivity contribution in [1.29, 1.82) is 0 Å². The summed E-state index contributed by atoms with van der Waals surface area (Å²) in [5.74, 6) is -0.0860. The molecule has 2 aliphatic rings. The summed E-state index contributed by atoms with van der Waals surface area (Å²) in [6, 6.07) is 5.99. The van der Waals surface area contributed by atoms with Crippen LogP contribution in [0.3, 0.4) is 0 Å². The lowest BCUT2D eigenvalue weighted by molar-refractivity contribution is -0.131. The molecule has 1 amide bonds. The maximum absolute atomic E-state index is 14.8. The van der Waals surface area contributed by atoms with Crippen molar-refractivity contribution in [2.75, 3.05) is 31.5 Å². The summed E-state index contributed by atoms with van der Waals surface area (Å²) in [4.78, 5) is 34.6. The molecule has 178 valence electrons. The Morgan fingerprint density at radius 1 is 1.29 bits per heavy atom. The molecule has 34 heavy (non-hydrogen) atoms. The van der Waals surface area contributed by atoms with Gasteiger partial charge in [0.25, 0.3) is 5.56 Å². The van der Waals surface area contributed by atoms with Gasteiger partial charge in [0.05, 0.1) is 29.2 Å². The molecule has 0 aliphatic carbocycles. The molecule has 10 heteroatoms. The van der Waals surface area contributed by atoms with Crippen molar-refractivity contribution in [3.05, 3.63) is 67.4 Å². The first kappa shape index (κ1) is 23.1. The smallest absolute Gasteiger partial charge is 0.258 e. The first-order chi connectivity index (χ1) is 16.3. The van der Waals surface area contributed by atoms with Crippen LogP contribution in [-0.2, 0) is 11.2 Å². The molecule has 3 N–H and O–H groups in total. The first-order valence-electron chi connectivity index (χ1n) is 11.3. The third kappa shape index (κ3) is 4.26. The lowest BCUT2D eigenvalue weighted by atomic mass is 9.93. The van der Waals surface area contributed by atoms with Crippen molar-refractivity contribution in [3.8, 4) is 0 Å². The average molecular weight is 504 g/mol. The predicted octanol–water partition coefficient (Wildman–Crippen LogP) is 4.00. The number of nitrogens with one attached hydrogen (secondary N) is 3. The van der Waals surface area contributed by atoms with E-state index < -0.39 is 5.82 Å². The number of hydrogen-bond acceptors (Lipinski definition) is 5. The van der Waals surface area contributed by atoms with Crippen LogP contribution in [0.4, 0.5) is 10.1 Å². The number of H-pyrrole nitrogens is 1. The zero-order valence-corrected chi connectivity index (χ0v) is 20.1. The van der Waals surface area contributed by atoms with Crippen molar-refractivity contribution in [1.82, 2.24) is 20.2 Å². The van der Waals surface area contributed by atoms with Gasteiger partial charge in [-0.1, -0.05) is 23.2 Å². The topological polar surface area (TPSA) is 90.1 Å². The van der Waals surface area contributed by atoms with E-state index in [4.69, 9.17) is 23.2 Å². The highest BCUT2D eigenvalue weighted by Gasteiger charge is 2.29. The summed E-state index contributed by atoms with van der Waals surface area (Å²) in [6.07, 6.45) is 1.52. The fourth-order valence-electron chi connectivity index (χ4n) is 4.91. The maximum Gasteiger partial charge on any atom is 0.258 e. The summed E-state index contributed by atoms with van der Waals surface area (Å²) in [5.41, 5.74) is 2.08. The zero-order chi connectivity index (χ0) is 24.0. The van der Waals surface area contributed by atoms with E-state index in [0.717, 1.165) is 36.7 Å². The Hall–Kier alpha value is -2.68. The van der Waals surface area contributed by atoms with E-state index in [9.17, 15) is 14.0 Å². The molecular weight excluding hydrogens is 480 g/mol. The number of carbonyl (C=O) groups excluding carboxylic acids is 1. The number of benzene rings is 2. The second-order valence-electron chi connectivity index (χ2n) is 8.82. The van der Waals surface area contributed by atoms with Crippen LogP contribution >= 0.6 is 23.2 Å². The Morgan fingerprint density at radius 2 is 2.12 bits per heavy atom. The van der Waals surface area contributed by atoms with Gasteiger partial charge in [0.2, 0.25) is 5.91 Å². The van der Waals surface area contributed by atoms with Crippen LogP contribution in [0.5, 0.6) is 0 Å². The van der Waals surface area contributed by atoms with Crippen LogP contribution in [-0.4, -0.2) is 47.0 Å². The summed E-state index contributed by atoms with van der Waals surface area (Å²) in [5, 5.41) is 7.43. The minimum absolute atomic E-state index is 0.101. The molecule has 0 saturated carbocycles. The van der Waals surface area contributed by atoms with E-state index in [1.165, 1.54) is 6.07 Å². The molecule has 0 spiro atoms. The highest BCUT2D eigenvalue weighted by atomic mass is 35.5. The van der Waals surface area contributed by atoms with Gasteiger partial charge in [0.15, 0.2) is 0 Å². The van der Waals surface area contributed by atoms with Gasteiger partial charge in [-0.2, -0.15) is 0 Å². The van der Waals surface area contributed by atoms with Gasteiger partial charge in [-0.05, 0) is 61.7 Å². The number of hydrogen-bond donors (Lipinski definition) is 3. The summed E-state index contributed by atoms with van der Waals surface area (Å²) in [7, 11) is 0. The molecule has 3 aromatic rings. The minimum atomic E-state index is -0.613. The number of halogens is 3. The monoisotopic (exact) mass is 503 g/mol. The van der Waals surface area contributed by atoms with Crippen LogP contribution in [0.15, 0.2) is 29.1 Å². The zero-order valence-electron chi connectivity index (χ0n) is 18.6. The van der Waals surface area contributed by atoms with E-state index in [1.807, 2.05) is 13.0 Å². The Morgan fingerprint density at radius 3 is 2.88 bits per heavy atom. The molecule has 7 nitrogen and oxygen atoms in total. The van der Waals surface area contributed by atoms with Gasteiger partial charge in [-0.25, -0.2) is 9.37 Å². The number of aromatic nitrogens is 2. The summed E-state index contributed by atoms with van der Waals surface area (Å²) < 4.78 is 14.8. The molecule has 2 aliphatic heterocycles. The van der Waals surface area contributed by atoms with E-state index in [1.54, 1.807) is 11.0 Å². The Kier molecular flexibility index (Phi) is 6.22. The normalized spacial score (nSPS) is 19.9. The molecular formula is C24H24Cl2FN5O2. The molecule has 3 heterocycles. The number of rotatable bonds is 4. The fourth-order valence-corrected chi connectivity index (χ4v) is 5.60. The van der Waals surface area contributed by atoms with Crippen LogP contribution in [0.25, 0.3) is 10.9 Å². The Bertz CT molecular complexity index is 1340. The number of nitrogens with zero attached hydrogens (tertiary/aromatic N) is 2. The van der Waals surface area contributed by atoms with E-state index in [-0.39, 0.29) is 41.0 Å². The third-order valence-corrected chi connectivity index (χ3v) is 7.23. The van der Waals surface area contributed by atoms with Crippen molar-refractivity contribution in [2.45, 2.75) is 31.7 Å². The van der Waals surface area contributed by atoms with Gasteiger partial charge in [-0.3, -0.25) is 9.59 Å². The predicted molar refractivity (Wildman–Crippen MR) is 131 cm³/mol. The largest absolute Gasteiger partial charge is 0.374 e. The van der Waals surface area contributed by atoms with Crippen LogP contribution in [0.2, 0.25) is 10.0 Å². The van der Waals surface area contributed by atoms with Crippen LogP contribution in [0, 0.1) is 5.82 Å². The van der Waals surface area contributed by atoms with Gasteiger partial charge in [0, 0.05) is 29.1 Å². The lowest BCUT2D eigenvalue weighted by Crippen LogP contribution is -2.42. The van der Waals surface area contributed by atoms with Crippen LogP contribution < -0.4 is 16.2 Å². The number of carbonyl (C=O) groups is 1. The maximum atomic E-state index is 14.8. The van der Waals surface area contributed by atoms with Crippen molar-refractivity contribution < 1.29 is 9.18 Å². The highest BCUT2D eigenvalue weighted by molar-refractivity contribution is 6.35. The molecule has 0 bridgehead atoms. The second kappa shape index (κ2) is 9.17. The van der Waals surface area contributed by atoms with Gasteiger partial charge in [-0.15, -0.1) is 0 Å². The summed E-state index contributed by atoms with van der Waals surface area (Å²) in [6.45, 7) is 3.93. The van der Waals surface area contributed by atoms with Crippen molar-refractivity contribution in [3.63, 3.8) is 0 Å². The Balaban J connectivity index is 1.35. The minimum Gasteiger partial charge on any atom is -0.374 e. The van der Waals surface area contributed by atoms with Crippen LogP contribution in [0.1, 0.15) is 42.3 Å². The molecule has 1 saturated heterocycles. The standard InChI is InChI=1S/C24H24Cl2FN5O2/c1-12-22-13(6-15(25)7-17(22)26)3-5-32(12)21(33)11-29-20-9-19-16(8-18(20)27)24(34)31-23(30-19)14-2-4-28-10-14/h6-9,12,14,28-29H,2-5,10-11H2,1H3,(H,30,31,34). The molecule has 2 atom stereocenters. The molecule has 2 aromatic carbocycles. The fraction of sp³-hybridized carbons (Fsp3) is 0.375. The average Bonchev–Trinajstić information content (AvgIpc) is 3.33. The molecule has 1 aromatic heterocycles. The SMILES string of the molecule is CC1c2c(Cl)cc(Cl)cc2CCN1C(=O)CNc1cc2nc(C3CCNC3)[nH]c(=O)c2cc1F. The van der Waals surface area contributed by atoms with Gasteiger partial charge >= 0.3 is 0 Å². The lowest BCUT2D eigenvalue weighted by Gasteiger charge is -2.36. The second-order valence-corrected chi connectivity index (χ2v) is 9.66. The summed E-state index contributed by atoms with van der Waals surface area (Å²) >= 11 is 12.5. The number of amides is 1. The van der Waals surface area contributed by atoms with Gasteiger partial charge < -0.3 is 20.5 Å². The quantitative estimate of drug-likeness (QED) is 0.500. The van der Waals surface area contributed by atoms with Gasteiger partial charge in [0.1, 0.15) is 11.6 Å². The molecule has 5 rings (SSSR count). The highest BCUT2D eigenvalue weighted by Crippen LogP contribution is 2.37. The molecule has 2 unspecified atom stereocenters. The van der Waals surface area contributed by atoms with E-state index in [0.29, 0.717) is 34.4 Å². The molecule has 1 fully saturated rings. The number of fused-ring (bicyclic) bond motifs is 2. The first-order valence-corrected chi connectivity index (χ1v) is 12.0. The van der Waals surface area contributed by atoms with Crippen molar-refractivity contribution >= 4 is 45.7 Å². The molecule has 0 radical (unpaired) electrons. The van der Waals surface area contributed by atoms with Crippen molar-refractivity contribution in [2.24, 2.45) is 0 Å². The number of anilines is 1. The Labute approximate surface area is 205 Å². The number of aromatic amines is 1. The van der Waals surface area contributed by atoms with E-state index in [2.05, 4.69) is 20.6 Å². The third-order valence-electron chi connectivity index (χ3n) is 6.70.